The molecule has 0 spiro atoms. The van der Waals surface area contributed by atoms with Crippen molar-refractivity contribution in [3.63, 3.8) is 0 Å². The highest BCUT2D eigenvalue weighted by Gasteiger charge is 1.76. The van der Waals surface area contributed by atoms with E-state index in [1.807, 2.05) is 0 Å². The number of hydrogen-bond donors (Lipinski definition) is 0. The zero-order valence-electron chi connectivity index (χ0n) is 4.14. The van der Waals surface area contributed by atoms with Gasteiger partial charge in [0, 0.05) is 0 Å². The lowest BCUT2D eigenvalue weighted by Gasteiger charge is -1.99. The molecule has 0 aromatic heterocycles. The largest absolute Gasteiger partial charge is 0.422 e. The van der Waals surface area contributed by atoms with Gasteiger partial charge in [0.1, 0.15) is 0 Å². The van der Waals surface area contributed by atoms with Crippen LogP contribution in [0, 0.1) is 0 Å². The average Bonchev–Trinajstić information content (AvgIpc) is 1.61. The summed E-state index contributed by atoms with van der Waals surface area (Å²) in [6, 6.07) is 0. The number of hydrogen-bond acceptors (Lipinski definition) is 3. The van der Waals surface area contributed by atoms with E-state index in [0.717, 1.165) is 12.2 Å². The van der Waals surface area contributed by atoms with Crippen molar-refractivity contribution in [3.8, 4) is 0 Å². The molecule has 0 aromatic rings. The Hall–Kier alpha value is 0.660. The molecule has 3 heteroatoms. The standard InChI is InChI=1S/C4H8S3/c1-2-3-7-4(5)6/h2-3H2,1H3,(H,5,6)/p-1. The molecule has 0 heterocycles. The van der Waals surface area contributed by atoms with Gasteiger partial charge >= 0.3 is 0 Å². The second kappa shape index (κ2) is 4.81. The van der Waals surface area contributed by atoms with Gasteiger partial charge in [0.05, 0.1) is 0 Å². The van der Waals surface area contributed by atoms with E-state index in [1.54, 1.807) is 11.8 Å². The van der Waals surface area contributed by atoms with Gasteiger partial charge in [-0.05, 0) is 12.2 Å². The quantitative estimate of drug-likeness (QED) is 0.437. The molecule has 0 fully saturated rings. The first-order valence-corrected chi connectivity index (χ1v) is 3.91. The molecule has 0 saturated carbocycles. The van der Waals surface area contributed by atoms with Gasteiger partial charge in [0.2, 0.25) is 0 Å². The third kappa shape index (κ3) is 6.66. The second-order valence-electron chi connectivity index (χ2n) is 1.10. The maximum Gasteiger partial charge on any atom is -0.00383 e. The molecule has 0 amide bonds. The molecule has 0 aromatic carbocycles. The van der Waals surface area contributed by atoms with Gasteiger partial charge in [-0.25, -0.2) is 0 Å². The summed E-state index contributed by atoms with van der Waals surface area (Å²) in [5.74, 6) is 1.07. The molecule has 0 nitrogen and oxygen atoms in total. The smallest absolute Gasteiger partial charge is 0.00383 e. The third-order valence-corrected chi connectivity index (χ3v) is 1.98. The molecule has 0 aliphatic carbocycles. The maximum atomic E-state index is 4.64. The fourth-order valence-corrected chi connectivity index (χ4v) is 1.06. The Labute approximate surface area is 59.5 Å². The Morgan fingerprint density at radius 2 is 2.43 bits per heavy atom. The molecule has 0 aliphatic rings. The molecule has 42 valence electrons. The summed E-state index contributed by atoms with van der Waals surface area (Å²) in [6.45, 7) is 2.11. The number of rotatable bonds is 2. The van der Waals surface area contributed by atoms with Gasteiger partial charge in [0.25, 0.3) is 0 Å². The summed E-state index contributed by atoms with van der Waals surface area (Å²) < 4.78 is 0.641. The lowest BCUT2D eigenvalue weighted by atomic mass is 10.6. The van der Waals surface area contributed by atoms with Crippen LogP contribution in [-0.4, -0.2) is 9.28 Å². The minimum absolute atomic E-state index is 0.641. The van der Waals surface area contributed by atoms with Crippen molar-refractivity contribution < 1.29 is 0 Å². The predicted octanol–water partition coefficient (Wildman–Crippen LogP) is 1.96. The van der Waals surface area contributed by atoms with Gasteiger partial charge in [-0.3, -0.25) is 0 Å². The fourth-order valence-electron chi connectivity index (χ4n) is 0.185. The Balaban J connectivity index is 2.82. The summed E-state index contributed by atoms with van der Waals surface area (Å²) in [7, 11) is 0. The van der Waals surface area contributed by atoms with Crippen LogP contribution >= 0.6 is 24.0 Å². The van der Waals surface area contributed by atoms with Crippen molar-refractivity contribution in [1.29, 1.82) is 0 Å². The molecule has 0 unspecified atom stereocenters. The van der Waals surface area contributed by atoms with E-state index < -0.39 is 0 Å². The van der Waals surface area contributed by atoms with Gasteiger partial charge in [0.15, 0.2) is 0 Å². The Kier molecular flexibility index (Phi) is 5.26. The zero-order chi connectivity index (χ0) is 5.70. The highest BCUT2D eigenvalue weighted by Crippen LogP contribution is 2.02. The Bertz CT molecular complexity index is 60.0. The van der Waals surface area contributed by atoms with Gasteiger partial charge in [-0.1, -0.05) is 10.5 Å². The van der Waals surface area contributed by atoms with E-state index in [2.05, 4.69) is 31.8 Å². The molecule has 0 bridgehead atoms. The van der Waals surface area contributed by atoms with Crippen LogP contribution in [-0.2, 0) is 12.6 Å². The van der Waals surface area contributed by atoms with Crippen LogP contribution < -0.4 is 0 Å². The molecule has 0 radical (unpaired) electrons. The van der Waals surface area contributed by atoms with Crippen LogP contribution in [0.15, 0.2) is 0 Å². The lowest BCUT2D eigenvalue weighted by molar-refractivity contribution is 1.11. The first kappa shape index (κ1) is 7.66. The van der Waals surface area contributed by atoms with Crippen molar-refractivity contribution in [1.82, 2.24) is 0 Å². The number of thioether (sulfide) groups is 1. The Morgan fingerprint density at radius 1 is 1.86 bits per heavy atom. The molecule has 0 saturated heterocycles. The van der Waals surface area contributed by atoms with Gasteiger partial charge in [-0.15, -0.1) is 11.8 Å². The van der Waals surface area contributed by atoms with Crippen LogP contribution in [0.3, 0.4) is 0 Å². The highest BCUT2D eigenvalue weighted by molar-refractivity contribution is 8.36. The molecular formula is C4H7S3-. The predicted molar refractivity (Wildman–Crippen MR) is 42.7 cm³/mol. The molecule has 0 aliphatic heterocycles. The van der Waals surface area contributed by atoms with Crippen LogP contribution in [0.4, 0.5) is 0 Å². The molecule has 0 N–H and O–H groups in total. The fraction of sp³-hybridized carbons (Fsp3) is 0.750. The van der Waals surface area contributed by atoms with Crippen LogP contribution in [0.5, 0.6) is 0 Å². The van der Waals surface area contributed by atoms with Crippen molar-refractivity contribution in [2.45, 2.75) is 13.3 Å². The van der Waals surface area contributed by atoms with Crippen LogP contribution in [0.2, 0.25) is 0 Å². The van der Waals surface area contributed by atoms with Crippen LogP contribution in [0.1, 0.15) is 13.3 Å². The van der Waals surface area contributed by atoms with E-state index in [9.17, 15) is 0 Å². The molecule has 0 atom stereocenters. The highest BCUT2D eigenvalue weighted by atomic mass is 32.2. The summed E-state index contributed by atoms with van der Waals surface area (Å²) in [4.78, 5) is 0. The van der Waals surface area contributed by atoms with Gasteiger partial charge < -0.3 is 24.8 Å². The number of thiocarbonyl (C=S) groups is 1. The van der Waals surface area contributed by atoms with E-state index in [4.69, 9.17) is 0 Å². The second-order valence-corrected chi connectivity index (χ2v) is 3.80. The Morgan fingerprint density at radius 3 is 2.57 bits per heavy atom. The van der Waals surface area contributed by atoms with Crippen molar-refractivity contribution >= 4 is 40.1 Å². The first-order chi connectivity index (χ1) is 3.27. The summed E-state index contributed by atoms with van der Waals surface area (Å²) in [5, 5.41) is 0. The van der Waals surface area contributed by atoms with E-state index in [0.29, 0.717) is 3.53 Å². The van der Waals surface area contributed by atoms with E-state index in [1.165, 1.54) is 0 Å². The minimum Gasteiger partial charge on any atom is -0.422 e. The van der Waals surface area contributed by atoms with Crippen molar-refractivity contribution in [3.05, 3.63) is 0 Å². The van der Waals surface area contributed by atoms with Crippen LogP contribution in [0.25, 0.3) is 0 Å². The third-order valence-electron chi connectivity index (χ3n) is 0.424. The normalized spacial score (nSPS) is 8.71. The average molecular weight is 151 g/mol. The molecule has 0 rings (SSSR count). The van der Waals surface area contributed by atoms with Crippen molar-refractivity contribution in [2.24, 2.45) is 0 Å². The summed E-state index contributed by atoms with van der Waals surface area (Å²) in [6.07, 6.45) is 1.15. The first-order valence-electron chi connectivity index (χ1n) is 2.11. The van der Waals surface area contributed by atoms with E-state index in [-0.39, 0.29) is 0 Å². The molecule has 7 heavy (non-hydrogen) atoms. The SMILES string of the molecule is CCCSC(=S)[S-]. The molecular weight excluding hydrogens is 144 g/mol. The summed E-state index contributed by atoms with van der Waals surface area (Å²) >= 11 is 10.9. The van der Waals surface area contributed by atoms with Crippen molar-refractivity contribution in [2.75, 3.05) is 5.75 Å². The summed E-state index contributed by atoms with van der Waals surface area (Å²) in [5.41, 5.74) is 0. The zero-order valence-corrected chi connectivity index (χ0v) is 6.59. The monoisotopic (exact) mass is 151 g/mol. The topological polar surface area (TPSA) is 0 Å². The lowest BCUT2D eigenvalue weighted by Crippen LogP contribution is -1.80. The minimum atomic E-state index is 0.641. The van der Waals surface area contributed by atoms with E-state index >= 15 is 0 Å². The maximum absolute atomic E-state index is 4.64. The van der Waals surface area contributed by atoms with Gasteiger partial charge in [-0.2, -0.15) is 0 Å².